The number of ether oxygens (including phenoxy) is 1. The maximum absolute atomic E-state index is 12.3. The molecule has 1 amide bonds. The van der Waals surface area contributed by atoms with Crippen molar-refractivity contribution in [2.24, 2.45) is 5.73 Å². The van der Waals surface area contributed by atoms with Crippen LogP contribution in [0, 0.1) is 0 Å². The zero-order valence-electron chi connectivity index (χ0n) is 15.7. The molecule has 9 nitrogen and oxygen atoms in total. The fourth-order valence-corrected chi connectivity index (χ4v) is 3.47. The van der Waals surface area contributed by atoms with E-state index in [1.165, 1.54) is 36.4 Å². The minimum Gasteiger partial charge on any atom is -0.492 e. The highest BCUT2D eigenvalue weighted by molar-refractivity contribution is 7.89. The number of rotatable bonds is 10. The Morgan fingerprint density at radius 3 is 2.28 bits per heavy atom. The molecule has 0 aliphatic carbocycles. The molecule has 0 unspecified atom stereocenters. The van der Waals surface area contributed by atoms with Crippen molar-refractivity contribution in [2.45, 2.75) is 23.9 Å². The number of carbonyl (C=O) groups is 2. The van der Waals surface area contributed by atoms with Crippen molar-refractivity contribution in [1.29, 1.82) is 0 Å². The Bertz CT molecular complexity index is 930. The molecule has 5 N–H and O–H groups in total. The molecule has 156 valence electrons. The molecule has 10 heteroatoms. The zero-order chi connectivity index (χ0) is 21.4. The second-order valence-electron chi connectivity index (χ2n) is 6.35. The lowest BCUT2D eigenvalue weighted by molar-refractivity contribution is -0.138. The summed E-state index contributed by atoms with van der Waals surface area (Å²) in [6.45, 7) is 1.70. The number of hydrogen-bond donors (Lipinski definition) is 4. The van der Waals surface area contributed by atoms with E-state index in [4.69, 9.17) is 10.5 Å². The molecule has 2 rings (SSSR count). The van der Waals surface area contributed by atoms with Crippen molar-refractivity contribution < 1.29 is 27.9 Å². The SMILES string of the molecule is C[C@H](N)COc1ccc(C(=O)NC[C@H](NS(=O)(=O)c2ccccc2)C(=O)O)cc1. The molecule has 2 aromatic carbocycles. The molecule has 2 atom stereocenters. The number of aliphatic carboxylic acids is 1. The summed E-state index contributed by atoms with van der Waals surface area (Å²) >= 11 is 0. The molecule has 0 aromatic heterocycles. The molecular formula is C19H23N3O6S. The van der Waals surface area contributed by atoms with Gasteiger partial charge in [0.2, 0.25) is 10.0 Å². The van der Waals surface area contributed by atoms with Crippen molar-refractivity contribution in [2.75, 3.05) is 13.2 Å². The van der Waals surface area contributed by atoms with Crippen LogP contribution in [0.5, 0.6) is 5.75 Å². The lowest BCUT2D eigenvalue weighted by Crippen LogP contribution is -2.48. The van der Waals surface area contributed by atoms with E-state index in [1.54, 1.807) is 25.1 Å². The molecule has 0 bridgehead atoms. The first kappa shape index (κ1) is 22.3. The Morgan fingerprint density at radius 1 is 1.10 bits per heavy atom. The highest BCUT2D eigenvalue weighted by Crippen LogP contribution is 2.12. The summed E-state index contributed by atoms with van der Waals surface area (Å²) in [5.41, 5.74) is 5.88. The number of nitrogens with two attached hydrogens (primary N) is 1. The minimum atomic E-state index is -4.04. The van der Waals surface area contributed by atoms with E-state index in [1.807, 2.05) is 0 Å². The third-order valence-electron chi connectivity index (χ3n) is 3.75. The second kappa shape index (κ2) is 10.0. The summed E-state index contributed by atoms with van der Waals surface area (Å²) in [6.07, 6.45) is 0. The first-order valence-corrected chi connectivity index (χ1v) is 10.2. The van der Waals surface area contributed by atoms with E-state index < -0.39 is 34.5 Å². The van der Waals surface area contributed by atoms with Gasteiger partial charge in [0, 0.05) is 18.2 Å². The van der Waals surface area contributed by atoms with Crippen LogP contribution in [-0.4, -0.2) is 50.6 Å². The van der Waals surface area contributed by atoms with Gasteiger partial charge in [-0.2, -0.15) is 4.72 Å². The molecule has 0 fully saturated rings. The fraction of sp³-hybridized carbons (Fsp3) is 0.263. The van der Waals surface area contributed by atoms with E-state index in [0.29, 0.717) is 12.4 Å². The Morgan fingerprint density at radius 2 is 1.72 bits per heavy atom. The van der Waals surface area contributed by atoms with E-state index in [9.17, 15) is 23.1 Å². The first-order chi connectivity index (χ1) is 13.7. The normalized spacial score (nSPS) is 13.3. The second-order valence-corrected chi connectivity index (χ2v) is 8.06. The highest BCUT2D eigenvalue weighted by atomic mass is 32.2. The first-order valence-electron chi connectivity index (χ1n) is 8.76. The molecule has 0 radical (unpaired) electrons. The minimum absolute atomic E-state index is 0.0695. The van der Waals surface area contributed by atoms with Crippen molar-refractivity contribution in [3.05, 3.63) is 60.2 Å². The van der Waals surface area contributed by atoms with Gasteiger partial charge in [-0.1, -0.05) is 18.2 Å². The Labute approximate surface area is 168 Å². The topological polar surface area (TPSA) is 148 Å². The average molecular weight is 421 g/mol. The van der Waals surface area contributed by atoms with Crippen LogP contribution in [0.25, 0.3) is 0 Å². The molecule has 0 heterocycles. The van der Waals surface area contributed by atoms with E-state index in [0.717, 1.165) is 0 Å². The molecule has 0 saturated carbocycles. The third kappa shape index (κ3) is 6.86. The van der Waals surface area contributed by atoms with Crippen LogP contribution >= 0.6 is 0 Å². The van der Waals surface area contributed by atoms with Crippen LogP contribution < -0.4 is 20.5 Å². The molecule has 0 aliphatic heterocycles. The van der Waals surface area contributed by atoms with Gasteiger partial charge in [0.25, 0.3) is 5.91 Å². The number of amides is 1. The molecular weight excluding hydrogens is 398 g/mol. The van der Waals surface area contributed by atoms with Crippen molar-refractivity contribution in [3.8, 4) is 5.75 Å². The maximum Gasteiger partial charge on any atom is 0.323 e. The van der Waals surface area contributed by atoms with Crippen LogP contribution in [0.15, 0.2) is 59.5 Å². The van der Waals surface area contributed by atoms with Crippen molar-refractivity contribution in [1.82, 2.24) is 10.0 Å². The van der Waals surface area contributed by atoms with Crippen LogP contribution in [0.3, 0.4) is 0 Å². The summed E-state index contributed by atoms with van der Waals surface area (Å²) in [7, 11) is -4.04. The number of nitrogens with one attached hydrogen (secondary N) is 2. The maximum atomic E-state index is 12.3. The van der Waals surface area contributed by atoms with Gasteiger partial charge in [-0.25, -0.2) is 8.42 Å². The number of sulfonamides is 1. The quantitative estimate of drug-likeness (QED) is 0.438. The van der Waals surface area contributed by atoms with Gasteiger partial charge in [-0.05, 0) is 43.3 Å². The van der Waals surface area contributed by atoms with E-state index in [-0.39, 0.29) is 16.5 Å². The van der Waals surface area contributed by atoms with Crippen molar-refractivity contribution >= 4 is 21.9 Å². The van der Waals surface area contributed by atoms with Crippen LogP contribution in [0.2, 0.25) is 0 Å². The van der Waals surface area contributed by atoms with E-state index >= 15 is 0 Å². The number of carbonyl (C=O) groups excluding carboxylic acids is 1. The summed E-state index contributed by atoms with van der Waals surface area (Å²) in [5, 5.41) is 11.7. The smallest absolute Gasteiger partial charge is 0.323 e. The third-order valence-corrected chi connectivity index (χ3v) is 5.23. The standard InChI is InChI=1S/C19H23N3O6S/c1-13(20)12-28-15-9-7-14(8-10-15)18(23)21-11-17(19(24)25)22-29(26,27)16-5-3-2-4-6-16/h2-10,13,17,22H,11-12,20H2,1H3,(H,21,23)(H,24,25)/t13-,17-/m0/s1. The summed E-state index contributed by atoms with van der Waals surface area (Å²) in [4.78, 5) is 23.6. The Hall–Kier alpha value is -2.95. The summed E-state index contributed by atoms with van der Waals surface area (Å²) in [6, 6.07) is 11.9. The number of hydrogen-bond acceptors (Lipinski definition) is 6. The van der Waals surface area contributed by atoms with E-state index in [2.05, 4.69) is 10.0 Å². The van der Waals surface area contributed by atoms with Gasteiger partial charge in [-0.3, -0.25) is 9.59 Å². The molecule has 2 aromatic rings. The predicted molar refractivity (Wildman–Crippen MR) is 106 cm³/mol. The highest BCUT2D eigenvalue weighted by Gasteiger charge is 2.25. The summed E-state index contributed by atoms with van der Waals surface area (Å²) in [5.74, 6) is -1.42. The van der Waals surface area contributed by atoms with Gasteiger partial charge in [0.1, 0.15) is 18.4 Å². The number of benzene rings is 2. The lowest BCUT2D eigenvalue weighted by Gasteiger charge is -2.16. The molecule has 0 saturated heterocycles. The Balaban J connectivity index is 1.98. The number of carboxylic acid groups (broad SMARTS) is 1. The summed E-state index contributed by atoms with van der Waals surface area (Å²) < 4.78 is 32.1. The van der Waals surface area contributed by atoms with Crippen LogP contribution in [-0.2, 0) is 14.8 Å². The number of carboxylic acids is 1. The van der Waals surface area contributed by atoms with Gasteiger partial charge >= 0.3 is 5.97 Å². The molecule has 0 spiro atoms. The fourth-order valence-electron chi connectivity index (χ4n) is 2.26. The lowest BCUT2D eigenvalue weighted by atomic mass is 10.2. The van der Waals surface area contributed by atoms with Gasteiger partial charge in [0.15, 0.2) is 0 Å². The van der Waals surface area contributed by atoms with Crippen LogP contribution in [0.1, 0.15) is 17.3 Å². The largest absolute Gasteiger partial charge is 0.492 e. The van der Waals surface area contributed by atoms with Crippen LogP contribution in [0.4, 0.5) is 0 Å². The molecule has 29 heavy (non-hydrogen) atoms. The van der Waals surface area contributed by atoms with Gasteiger partial charge < -0.3 is 20.9 Å². The predicted octanol–water partition coefficient (Wildman–Crippen LogP) is 0.574. The monoisotopic (exact) mass is 421 g/mol. The zero-order valence-corrected chi connectivity index (χ0v) is 16.6. The average Bonchev–Trinajstić information content (AvgIpc) is 2.70. The molecule has 0 aliphatic rings. The van der Waals surface area contributed by atoms with Gasteiger partial charge in [-0.15, -0.1) is 0 Å². The van der Waals surface area contributed by atoms with Crippen molar-refractivity contribution in [3.63, 3.8) is 0 Å². The van der Waals surface area contributed by atoms with Gasteiger partial charge in [0.05, 0.1) is 4.90 Å². The Kier molecular flexibility index (Phi) is 7.71.